The maximum absolute atomic E-state index is 8.98. The largest absolute Gasteiger partial charge is 0.233 e. The lowest BCUT2D eigenvalue weighted by Crippen LogP contribution is -2.00. The summed E-state index contributed by atoms with van der Waals surface area (Å²) in [6.07, 6.45) is 2.36. The normalized spacial score (nSPS) is 13.7. The number of hydrogen-bond acceptors (Lipinski definition) is 4. The summed E-state index contributed by atoms with van der Waals surface area (Å²) in [6.45, 7) is 1.82. The van der Waals surface area contributed by atoms with E-state index in [1.807, 2.05) is 18.7 Å². The van der Waals surface area contributed by atoms with Gasteiger partial charge in [0.25, 0.3) is 0 Å². The molecule has 0 radical (unpaired) electrons. The summed E-state index contributed by atoms with van der Waals surface area (Å²) in [5.41, 5.74) is 3.73. The Morgan fingerprint density at radius 1 is 1.26 bits per heavy atom. The van der Waals surface area contributed by atoms with Crippen LogP contribution in [0.15, 0.2) is 29.2 Å². The minimum absolute atomic E-state index is 0.426. The Hall–Kier alpha value is -1.86. The number of nitrogens with zero attached hydrogens (tertiary/aromatic N) is 3. The van der Waals surface area contributed by atoms with E-state index in [0.717, 1.165) is 17.7 Å². The molecule has 4 heteroatoms. The number of benzene rings is 1. The van der Waals surface area contributed by atoms with Crippen LogP contribution in [-0.2, 0) is 6.42 Å². The van der Waals surface area contributed by atoms with E-state index in [-0.39, 0.29) is 0 Å². The SMILES string of the molecule is Cc1nc(C#N)cc(-c2ccc3c(c2)CCCS3)n1. The van der Waals surface area contributed by atoms with Crippen molar-refractivity contribution in [1.82, 2.24) is 9.97 Å². The molecule has 2 heterocycles. The van der Waals surface area contributed by atoms with Crippen molar-refractivity contribution >= 4 is 11.8 Å². The molecule has 1 aliphatic rings. The van der Waals surface area contributed by atoms with Gasteiger partial charge in [0.2, 0.25) is 0 Å². The van der Waals surface area contributed by atoms with Gasteiger partial charge in [0.15, 0.2) is 0 Å². The van der Waals surface area contributed by atoms with Crippen molar-refractivity contribution in [3.8, 4) is 17.3 Å². The minimum atomic E-state index is 0.426. The quantitative estimate of drug-likeness (QED) is 0.795. The molecule has 1 aliphatic heterocycles. The van der Waals surface area contributed by atoms with Crippen LogP contribution in [0.1, 0.15) is 23.5 Å². The highest BCUT2D eigenvalue weighted by molar-refractivity contribution is 7.99. The van der Waals surface area contributed by atoms with Gasteiger partial charge in [0.05, 0.1) is 5.69 Å². The molecule has 19 heavy (non-hydrogen) atoms. The first-order chi connectivity index (χ1) is 9.26. The van der Waals surface area contributed by atoms with Crippen LogP contribution in [0.4, 0.5) is 0 Å². The Morgan fingerprint density at radius 2 is 2.16 bits per heavy atom. The highest BCUT2D eigenvalue weighted by atomic mass is 32.2. The molecule has 0 unspecified atom stereocenters. The second kappa shape index (κ2) is 5.02. The van der Waals surface area contributed by atoms with Gasteiger partial charge < -0.3 is 0 Å². The van der Waals surface area contributed by atoms with E-state index in [0.29, 0.717) is 11.5 Å². The maximum atomic E-state index is 8.98. The van der Waals surface area contributed by atoms with Crippen molar-refractivity contribution < 1.29 is 0 Å². The molecule has 0 bridgehead atoms. The van der Waals surface area contributed by atoms with Crippen molar-refractivity contribution in [2.45, 2.75) is 24.7 Å². The molecule has 2 aromatic rings. The zero-order chi connectivity index (χ0) is 13.2. The first-order valence-electron chi connectivity index (χ1n) is 6.28. The summed E-state index contributed by atoms with van der Waals surface area (Å²) < 4.78 is 0. The average molecular weight is 267 g/mol. The molecule has 3 nitrogen and oxygen atoms in total. The van der Waals surface area contributed by atoms with E-state index in [9.17, 15) is 0 Å². The third kappa shape index (κ3) is 2.47. The number of hydrogen-bond donors (Lipinski definition) is 0. The van der Waals surface area contributed by atoms with E-state index in [1.165, 1.54) is 22.6 Å². The maximum Gasteiger partial charge on any atom is 0.144 e. The summed E-state index contributed by atoms with van der Waals surface area (Å²) in [4.78, 5) is 9.90. The molecule has 0 saturated carbocycles. The summed E-state index contributed by atoms with van der Waals surface area (Å²) in [5.74, 6) is 1.85. The highest BCUT2D eigenvalue weighted by Gasteiger charge is 2.12. The fourth-order valence-electron chi connectivity index (χ4n) is 2.29. The molecule has 94 valence electrons. The van der Waals surface area contributed by atoms with Crippen molar-refractivity contribution in [3.05, 3.63) is 41.3 Å². The molecule has 0 amide bonds. The van der Waals surface area contributed by atoms with Gasteiger partial charge in [0, 0.05) is 16.5 Å². The predicted molar refractivity (Wildman–Crippen MR) is 76.0 cm³/mol. The van der Waals surface area contributed by atoms with Gasteiger partial charge in [-0.15, -0.1) is 11.8 Å². The number of thioether (sulfide) groups is 1. The Bertz CT molecular complexity index is 674. The van der Waals surface area contributed by atoms with Crippen LogP contribution in [-0.4, -0.2) is 15.7 Å². The number of aryl methyl sites for hydroxylation is 2. The number of nitriles is 1. The lowest BCUT2D eigenvalue weighted by Gasteiger charge is -2.16. The smallest absolute Gasteiger partial charge is 0.144 e. The second-order valence-electron chi connectivity index (χ2n) is 4.57. The summed E-state index contributed by atoms with van der Waals surface area (Å²) >= 11 is 1.92. The molecule has 0 N–H and O–H groups in total. The van der Waals surface area contributed by atoms with Crippen LogP contribution in [0.2, 0.25) is 0 Å². The third-order valence-electron chi connectivity index (χ3n) is 3.16. The summed E-state index contributed by atoms with van der Waals surface area (Å²) in [6, 6.07) is 10.3. The molecular formula is C15H13N3S. The van der Waals surface area contributed by atoms with Crippen molar-refractivity contribution in [2.24, 2.45) is 0 Å². The number of fused-ring (bicyclic) bond motifs is 1. The fourth-order valence-corrected chi connectivity index (χ4v) is 3.31. The van der Waals surface area contributed by atoms with Crippen LogP contribution in [0.5, 0.6) is 0 Å². The van der Waals surface area contributed by atoms with Gasteiger partial charge in [0.1, 0.15) is 17.6 Å². The molecule has 1 aromatic heterocycles. The highest BCUT2D eigenvalue weighted by Crippen LogP contribution is 2.32. The first-order valence-corrected chi connectivity index (χ1v) is 7.27. The second-order valence-corrected chi connectivity index (χ2v) is 5.71. The van der Waals surface area contributed by atoms with E-state index >= 15 is 0 Å². The molecule has 3 rings (SSSR count). The Labute approximate surface area is 116 Å². The summed E-state index contributed by atoms with van der Waals surface area (Å²) in [7, 11) is 0. The van der Waals surface area contributed by atoms with Crippen molar-refractivity contribution in [3.63, 3.8) is 0 Å². The van der Waals surface area contributed by atoms with Gasteiger partial charge in [-0.2, -0.15) is 5.26 Å². The predicted octanol–water partition coefficient (Wildman–Crippen LogP) is 3.36. The standard InChI is InChI=1S/C15H13N3S/c1-10-17-13(9-16)8-14(18-10)11-4-5-15-12(7-11)3-2-6-19-15/h4-5,7-8H,2-3,6H2,1H3. The van der Waals surface area contributed by atoms with E-state index in [4.69, 9.17) is 5.26 Å². The van der Waals surface area contributed by atoms with Gasteiger partial charge in [-0.05, 0) is 43.2 Å². The molecule has 1 aromatic carbocycles. The van der Waals surface area contributed by atoms with E-state index in [2.05, 4.69) is 34.2 Å². The summed E-state index contributed by atoms with van der Waals surface area (Å²) in [5, 5.41) is 8.98. The Balaban J connectivity index is 2.07. The molecule has 0 saturated heterocycles. The van der Waals surface area contributed by atoms with Gasteiger partial charge in [-0.3, -0.25) is 0 Å². The lowest BCUT2D eigenvalue weighted by molar-refractivity contribution is 0.890. The van der Waals surface area contributed by atoms with Crippen molar-refractivity contribution in [1.29, 1.82) is 5.26 Å². The lowest BCUT2D eigenvalue weighted by atomic mass is 10.0. The van der Waals surface area contributed by atoms with Crippen molar-refractivity contribution in [2.75, 3.05) is 5.75 Å². The van der Waals surface area contributed by atoms with Crippen LogP contribution >= 0.6 is 11.8 Å². The van der Waals surface area contributed by atoms with Gasteiger partial charge >= 0.3 is 0 Å². The molecule has 0 fully saturated rings. The molecular weight excluding hydrogens is 254 g/mol. The average Bonchev–Trinajstić information content (AvgIpc) is 2.46. The van der Waals surface area contributed by atoms with Crippen LogP contribution in [0.25, 0.3) is 11.3 Å². The monoisotopic (exact) mass is 267 g/mol. The zero-order valence-electron chi connectivity index (χ0n) is 10.7. The third-order valence-corrected chi connectivity index (χ3v) is 4.36. The Kier molecular flexibility index (Phi) is 3.22. The number of rotatable bonds is 1. The first kappa shape index (κ1) is 12.2. The van der Waals surface area contributed by atoms with Crippen LogP contribution in [0.3, 0.4) is 0 Å². The topological polar surface area (TPSA) is 49.6 Å². The number of aromatic nitrogens is 2. The van der Waals surface area contributed by atoms with E-state index in [1.54, 1.807) is 6.07 Å². The fraction of sp³-hybridized carbons (Fsp3) is 0.267. The molecule has 0 atom stereocenters. The van der Waals surface area contributed by atoms with Gasteiger partial charge in [-0.1, -0.05) is 6.07 Å². The molecule has 0 aliphatic carbocycles. The Morgan fingerprint density at radius 3 is 3.00 bits per heavy atom. The van der Waals surface area contributed by atoms with Gasteiger partial charge in [-0.25, -0.2) is 9.97 Å². The van der Waals surface area contributed by atoms with E-state index < -0.39 is 0 Å². The zero-order valence-corrected chi connectivity index (χ0v) is 11.5. The van der Waals surface area contributed by atoms with Crippen LogP contribution in [0, 0.1) is 18.3 Å². The minimum Gasteiger partial charge on any atom is -0.233 e. The van der Waals surface area contributed by atoms with Crippen LogP contribution < -0.4 is 0 Å². The molecule has 0 spiro atoms.